The van der Waals surface area contributed by atoms with Gasteiger partial charge in [0.15, 0.2) is 0 Å². The molecule has 1 aromatic carbocycles. The Hall–Kier alpha value is -1.92. The van der Waals surface area contributed by atoms with Crippen molar-refractivity contribution in [3.63, 3.8) is 0 Å². The van der Waals surface area contributed by atoms with Gasteiger partial charge in [-0.1, -0.05) is 6.07 Å². The number of nitrogens with one attached hydrogen (secondary N) is 1. The first kappa shape index (κ1) is 14.5. The first-order chi connectivity index (χ1) is 9.58. The Morgan fingerprint density at radius 1 is 1.50 bits per heavy atom. The highest BCUT2D eigenvalue weighted by molar-refractivity contribution is 5.76. The summed E-state index contributed by atoms with van der Waals surface area (Å²) in [4.78, 5) is 14.6. The third-order valence-electron chi connectivity index (χ3n) is 3.22. The number of carbonyl (C=O) groups is 1. The molecule has 0 aliphatic carbocycles. The van der Waals surface area contributed by atoms with E-state index in [9.17, 15) is 9.90 Å². The van der Waals surface area contributed by atoms with E-state index >= 15 is 0 Å². The van der Waals surface area contributed by atoms with Gasteiger partial charge in [-0.05, 0) is 30.7 Å². The molecule has 1 heterocycles. The number of nitrogens with zero attached hydrogens (tertiary/aromatic N) is 2. The fourth-order valence-corrected chi connectivity index (χ4v) is 2.08. The lowest BCUT2D eigenvalue weighted by atomic mass is 10.1. The number of carboxylic acid groups (broad SMARTS) is 1. The summed E-state index contributed by atoms with van der Waals surface area (Å²) in [6, 6.07) is 5.69. The van der Waals surface area contributed by atoms with E-state index in [0.29, 0.717) is 19.5 Å². The molecule has 0 spiro atoms. The molecule has 6 heteroatoms. The van der Waals surface area contributed by atoms with E-state index in [2.05, 4.69) is 10.3 Å². The number of hydrogen-bond acceptors (Lipinski definition) is 4. The largest absolute Gasteiger partial charge is 0.481 e. The molecule has 0 bridgehead atoms. The highest BCUT2D eigenvalue weighted by Gasteiger charge is 2.09. The Morgan fingerprint density at radius 3 is 3.05 bits per heavy atom. The zero-order valence-electron chi connectivity index (χ0n) is 11.4. The van der Waals surface area contributed by atoms with Gasteiger partial charge in [0.05, 0.1) is 23.5 Å². The van der Waals surface area contributed by atoms with Gasteiger partial charge in [0, 0.05) is 20.0 Å². The van der Waals surface area contributed by atoms with Crippen molar-refractivity contribution >= 4 is 17.0 Å². The third kappa shape index (κ3) is 3.55. The van der Waals surface area contributed by atoms with E-state index < -0.39 is 12.1 Å². The maximum atomic E-state index is 10.4. The van der Waals surface area contributed by atoms with Gasteiger partial charge in [0.25, 0.3) is 0 Å². The predicted octanol–water partition coefficient (Wildman–Crippen LogP) is 1.06. The lowest BCUT2D eigenvalue weighted by molar-refractivity contribution is -0.137. The van der Waals surface area contributed by atoms with Gasteiger partial charge in [-0.15, -0.1) is 0 Å². The standard InChI is InChI=1S/C14H19N3O3/c1-17-9-16-11-7-10(4-5-12(11)17)13(18)8-15-6-2-3-14(19)20/h4-5,7,9,13,15,18H,2-3,6,8H2,1H3,(H,19,20). The van der Waals surface area contributed by atoms with Crippen LogP contribution >= 0.6 is 0 Å². The highest BCUT2D eigenvalue weighted by Crippen LogP contribution is 2.18. The summed E-state index contributed by atoms with van der Waals surface area (Å²) in [6.07, 6.45) is 1.82. The van der Waals surface area contributed by atoms with Crippen molar-refractivity contribution in [2.45, 2.75) is 18.9 Å². The van der Waals surface area contributed by atoms with Crippen LogP contribution in [0.1, 0.15) is 24.5 Å². The monoisotopic (exact) mass is 277 g/mol. The van der Waals surface area contributed by atoms with Gasteiger partial charge >= 0.3 is 5.97 Å². The minimum absolute atomic E-state index is 0.142. The number of aliphatic carboxylic acids is 1. The minimum atomic E-state index is -0.798. The number of benzene rings is 1. The number of aryl methyl sites for hydroxylation is 1. The minimum Gasteiger partial charge on any atom is -0.481 e. The molecule has 6 nitrogen and oxygen atoms in total. The van der Waals surface area contributed by atoms with E-state index in [1.165, 1.54) is 0 Å². The van der Waals surface area contributed by atoms with Crippen LogP contribution in [0.2, 0.25) is 0 Å². The zero-order chi connectivity index (χ0) is 14.5. The van der Waals surface area contributed by atoms with Crippen molar-refractivity contribution in [1.82, 2.24) is 14.9 Å². The van der Waals surface area contributed by atoms with Crippen LogP contribution in [0.3, 0.4) is 0 Å². The SMILES string of the molecule is Cn1cnc2cc(C(O)CNCCCC(=O)O)ccc21. The summed E-state index contributed by atoms with van der Waals surface area (Å²) < 4.78 is 1.93. The molecule has 0 radical (unpaired) electrons. The summed E-state index contributed by atoms with van der Waals surface area (Å²) in [7, 11) is 1.93. The highest BCUT2D eigenvalue weighted by atomic mass is 16.4. The normalized spacial score (nSPS) is 12.7. The average Bonchev–Trinajstić information content (AvgIpc) is 2.79. The first-order valence-corrected chi connectivity index (χ1v) is 6.59. The van der Waals surface area contributed by atoms with Crippen molar-refractivity contribution in [1.29, 1.82) is 0 Å². The molecule has 2 rings (SSSR count). The van der Waals surface area contributed by atoms with Gasteiger partial charge in [-0.3, -0.25) is 4.79 Å². The topological polar surface area (TPSA) is 87.4 Å². The molecule has 0 aliphatic heterocycles. The molecule has 0 saturated heterocycles. The lowest BCUT2D eigenvalue weighted by Gasteiger charge is -2.12. The van der Waals surface area contributed by atoms with Gasteiger partial charge < -0.3 is 20.1 Å². The molecular weight excluding hydrogens is 258 g/mol. The number of imidazole rings is 1. The number of fused-ring (bicyclic) bond motifs is 1. The number of rotatable bonds is 7. The van der Waals surface area contributed by atoms with Crippen molar-refractivity contribution in [2.24, 2.45) is 7.05 Å². The Balaban J connectivity index is 1.87. The van der Waals surface area contributed by atoms with Gasteiger partial charge in [-0.25, -0.2) is 4.98 Å². The fraction of sp³-hybridized carbons (Fsp3) is 0.429. The van der Waals surface area contributed by atoms with Crippen molar-refractivity contribution < 1.29 is 15.0 Å². The summed E-state index contributed by atoms with van der Waals surface area (Å²) in [6.45, 7) is 0.979. The van der Waals surface area contributed by atoms with Crippen molar-refractivity contribution in [3.05, 3.63) is 30.1 Å². The van der Waals surface area contributed by atoms with Crippen LogP contribution in [0.25, 0.3) is 11.0 Å². The molecular formula is C14H19N3O3. The molecule has 0 fully saturated rings. The number of aromatic nitrogens is 2. The van der Waals surface area contributed by atoms with Crippen LogP contribution in [0.15, 0.2) is 24.5 Å². The number of carboxylic acids is 1. The van der Waals surface area contributed by atoms with Crippen LogP contribution in [-0.2, 0) is 11.8 Å². The molecule has 0 saturated carbocycles. The molecule has 1 aromatic heterocycles. The van der Waals surface area contributed by atoms with E-state index in [0.717, 1.165) is 16.6 Å². The summed E-state index contributed by atoms with van der Waals surface area (Å²) in [5, 5.41) is 21.7. The van der Waals surface area contributed by atoms with Crippen LogP contribution < -0.4 is 5.32 Å². The van der Waals surface area contributed by atoms with Gasteiger partial charge in [0.2, 0.25) is 0 Å². The van der Waals surface area contributed by atoms with E-state index in [-0.39, 0.29) is 6.42 Å². The average molecular weight is 277 g/mol. The molecule has 2 aromatic rings. The Kier molecular flexibility index (Phi) is 4.70. The van der Waals surface area contributed by atoms with Crippen LogP contribution in [0.4, 0.5) is 0 Å². The van der Waals surface area contributed by atoms with Crippen LogP contribution in [0, 0.1) is 0 Å². The van der Waals surface area contributed by atoms with Gasteiger partial charge in [0.1, 0.15) is 0 Å². The predicted molar refractivity (Wildman–Crippen MR) is 75.4 cm³/mol. The molecule has 0 amide bonds. The molecule has 1 atom stereocenters. The zero-order valence-corrected chi connectivity index (χ0v) is 11.4. The smallest absolute Gasteiger partial charge is 0.303 e. The molecule has 108 valence electrons. The quantitative estimate of drug-likeness (QED) is 0.659. The Bertz CT molecular complexity index is 594. The maximum absolute atomic E-state index is 10.4. The van der Waals surface area contributed by atoms with Crippen LogP contribution in [-0.4, -0.2) is 38.8 Å². The molecule has 3 N–H and O–H groups in total. The number of aliphatic hydroxyl groups is 1. The van der Waals surface area contributed by atoms with Crippen molar-refractivity contribution in [3.8, 4) is 0 Å². The Labute approximate surface area is 117 Å². The Morgan fingerprint density at radius 2 is 2.30 bits per heavy atom. The molecule has 1 unspecified atom stereocenters. The van der Waals surface area contributed by atoms with Crippen LogP contribution in [0.5, 0.6) is 0 Å². The second kappa shape index (κ2) is 6.49. The summed E-state index contributed by atoms with van der Waals surface area (Å²) >= 11 is 0. The summed E-state index contributed by atoms with van der Waals surface area (Å²) in [5.74, 6) is -0.798. The first-order valence-electron chi connectivity index (χ1n) is 6.59. The van der Waals surface area contributed by atoms with E-state index in [1.54, 1.807) is 6.33 Å². The van der Waals surface area contributed by atoms with E-state index in [4.69, 9.17) is 5.11 Å². The third-order valence-corrected chi connectivity index (χ3v) is 3.22. The lowest BCUT2D eigenvalue weighted by Crippen LogP contribution is -2.23. The summed E-state index contributed by atoms with van der Waals surface area (Å²) in [5.41, 5.74) is 2.69. The second-order valence-corrected chi connectivity index (χ2v) is 4.82. The molecule has 0 aliphatic rings. The fourth-order valence-electron chi connectivity index (χ4n) is 2.08. The maximum Gasteiger partial charge on any atom is 0.303 e. The van der Waals surface area contributed by atoms with Gasteiger partial charge in [-0.2, -0.15) is 0 Å². The number of aliphatic hydroxyl groups excluding tert-OH is 1. The van der Waals surface area contributed by atoms with Crippen molar-refractivity contribution in [2.75, 3.05) is 13.1 Å². The second-order valence-electron chi connectivity index (χ2n) is 4.82. The number of hydrogen-bond donors (Lipinski definition) is 3. The molecule has 20 heavy (non-hydrogen) atoms. The van der Waals surface area contributed by atoms with E-state index in [1.807, 2.05) is 29.8 Å².